The van der Waals surface area contributed by atoms with Crippen LogP contribution in [0.1, 0.15) is 18.4 Å². The summed E-state index contributed by atoms with van der Waals surface area (Å²) in [4.78, 5) is 26.4. The van der Waals surface area contributed by atoms with Crippen molar-refractivity contribution in [2.24, 2.45) is 0 Å². The lowest BCUT2D eigenvalue weighted by molar-refractivity contribution is -0.130. The molecule has 0 aromatic heterocycles. The van der Waals surface area contributed by atoms with Crippen molar-refractivity contribution in [1.29, 1.82) is 0 Å². The zero-order chi connectivity index (χ0) is 26.2. The fourth-order valence-corrected chi connectivity index (χ4v) is 5.79. The van der Waals surface area contributed by atoms with Crippen molar-refractivity contribution in [3.63, 3.8) is 0 Å². The van der Waals surface area contributed by atoms with Crippen molar-refractivity contribution in [3.05, 3.63) is 76.6 Å². The Morgan fingerprint density at radius 3 is 2.56 bits per heavy atom. The van der Waals surface area contributed by atoms with Crippen LogP contribution >= 0.6 is 18.7 Å². The van der Waals surface area contributed by atoms with Gasteiger partial charge in [0.2, 0.25) is 5.91 Å². The number of rotatable bonds is 5. The predicted octanol–water partition coefficient (Wildman–Crippen LogP) is 5.46. The van der Waals surface area contributed by atoms with Crippen molar-refractivity contribution >= 4 is 47.2 Å². The Morgan fingerprint density at radius 2 is 1.86 bits per heavy atom. The minimum atomic E-state index is -2.76. The van der Waals surface area contributed by atoms with E-state index in [1.54, 1.807) is 37.6 Å². The van der Waals surface area contributed by atoms with Crippen LogP contribution in [0.4, 0.5) is 23.7 Å². The van der Waals surface area contributed by atoms with E-state index in [0.29, 0.717) is 10.9 Å². The molecular formula is C25H24ClF3N3O3P. The van der Waals surface area contributed by atoms with Gasteiger partial charge in [-0.05, 0) is 49.9 Å². The number of urea groups is 1. The topological polar surface area (TPSA) is 78.5 Å². The molecule has 0 radical (unpaired) electrons. The molecule has 190 valence electrons. The molecule has 2 aromatic rings. The highest BCUT2D eigenvalue weighted by atomic mass is 35.5. The van der Waals surface area contributed by atoms with E-state index in [0.717, 1.165) is 6.07 Å². The number of carbonyl (C=O) groups excluding carboxylic acids is 2. The van der Waals surface area contributed by atoms with E-state index in [1.165, 1.54) is 23.1 Å². The number of likely N-dealkylation sites (tertiary alicyclic amines) is 1. The molecule has 2 aliphatic rings. The number of benzene rings is 2. The summed E-state index contributed by atoms with van der Waals surface area (Å²) in [6.07, 6.45) is 1.69. The second-order valence-corrected chi connectivity index (χ2v) is 12.6. The zero-order valence-corrected chi connectivity index (χ0v) is 21.2. The predicted molar refractivity (Wildman–Crippen MR) is 135 cm³/mol. The van der Waals surface area contributed by atoms with Gasteiger partial charge < -0.3 is 20.1 Å². The third-order valence-corrected chi connectivity index (χ3v) is 7.94. The fraction of sp³-hybridized carbons (Fsp3) is 0.280. The summed E-state index contributed by atoms with van der Waals surface area (Å²) in [7, 11) is -2.76. The largest absolute Gasteiger partial charge is 0.331 e. The minimum absolute atomic E-state index is 0.00830. The first kappa shape index (κ1) is 26.0. The Morgan fingerprint density at radius 1 is 1.14 bits per heavy atom. The molecule has 2 aromatic carbocycles. The lowest BCUT2D eigenvalue weighted by Gasteiger charge is -2.30. The van der Waals surface area contributed by atoms with E-state index in [4.69, 9.17) is 11.6 Å². The summed E-state index contributed by atoms with van der Waals surface area (Å²) in [6.45, 7) is 3.22. The summed E-state index contributed by atoms with van der Waals surface area (Å²) in [6, 6.07) is 7.34. The average Bonchev–Trinajstić information content (AvgIpc) is 3.16. The summed E-state index contributed by atoms with van der Waals surface area (Å²) in [5, 5.41) is 5.37. The molecule has 0 spiro atoms. The maximum Gasteiger partial charge on any atom is 0.319 e. The van der Waals surface area contributed by atoms with Crippen LogP contribution < -0.4 is 15.9 Å². The standard InChI is InChI=1S/C25H24ClF3N3O3P/c1-36(2,35)21-6-4-3-5-15(21)16-8-10-20(23(29)22(16)28)32-12-11-19(24(32)33)31-25(34)30-18-9-7-14(26)13-17(18)27/h3-9,13,19-20H,10-12H2,1-2H3,(H2,30,31,34)/t19-,20?/m1/s1. The van der Waals surface area contributed by atoms with Crippen molar-refractivity contribution in [1.82, 2.24) is 10.2 Å². The van der Waals surface area contributed by atoms with Gasteiger partial charge in [-0.15, -0.1) is 0 Å². The highest BCUT2D eigenvalue weighted by molar-refractivity contribution is 7.70. The van der Waals surface area contributed by atoms with Crippen LogP contribution in [0.15, 0.2) is 60.2 Å². The molecule has 1 unspecified atom stereocenters. The molecule has 6 nitrogen and oxygen atoms in total. The number of hydrogen-bond acceptors (Lipinski definition) is 3. The van der Waals surface area contributed by atoms with Crippen LogP contribution in [0, 0.1) is 5.82 Å². The number of nitrogens with one attached hydrogen (secondary N) is 2. The second kappa shape index (κ2) is 10.1. The Bertz CT molecular complexity index is 1340. The van der Waals surface area contributed by atoms with Gasteiger partial charge in [-0.25, -0.2) is 18.0 Å². The van der Waals surface area contributed by atoms with Gasteiger partial charge in [-0.3, -0.25) is 4.79 Å². The second-order valence-electron chi connectivity index (χ2n) is 8.99. The number of halogens is 4. The summed E-state index contributed by atoms with van der Waals surface area (Å²) in [5.74, 6) is -3.51. The van der Waals surface area contributed by atoms with E-state index in [1.807, 2.05) is 0 Å². The first-order chi connectivity index (χ1) is 17.0. The van der Waals surface area contributed by atoms with E-state index in [9.17, 15) is 18.5 Å². The molecule has 1 aliphatic heterocycles. The van der Waals surface area contributed by atoms with Gasteiger partial charge in [0.15, 0.2) is 11.7 Å². The SMILES string of the molecule is CP(C)(=O)c1ccccc1C1=CCC(N2CC[C@@H](NC(=O)Nc3ccc(Cl)cc3F)C2=O)C(F)=C1F. The van der Waals surface area contributed by atoms with Crippen LogP contribution in [-0.2, 0) is 9.36 Å². The van der Waals surface area contributed by atoms with Crippen LogP contribution in [-0.4, -0.2) is 48.8 Å². The highest BCUT2D eigenvalue weighted by Gasteiger charge is 2.41. The van der Waals surface area contributed by atoms with Gasteiger partial charge >= 0.3 is 6.03 Å². The quantitative estimate of drug-likeness (QED) is 0.498. The Kier molecular flexibility index (Phi) is 7.34. The van der Waals surface area contributed by atoms with Crippen molar-refractivity contribution < 1.29 is 27.3 Å². The van der Waals surface area contributed by atoms with Gasteiger partial charge in [-0.1, -0.05) is 41.9 Å². The normalized spacial score (nSPS) is 20.4. The third-order valence-electron chi connectivity index (χ3n) is 6.16. The van der Waals surface area contributed by atoms with Gasteiger partial charge in [0, 0.05) is 22.4 Å². The average molecular weight is 538 g/mol. The highest BCUT2D eigenvalue weighted by Crippen LogP contribution is 2.42. The molecular weight excluding hydrogens is 514 g/mol. The van der Waals surface area contributed by atoms with Gasteiger partial charge in [0.05, 0.1) is 11.7 Å². The Balaban J connectivity index is 1.47. The molecule has 2 N–H and O–H groups in total. The minimum Gasteiger partial charge on any atom is -0.331 e. The molecule has 36 heavy (non-hydrogen) atoms. The van der Waals surface area contributed by atoms with Gasteiger partial charge in [-0.2, -0.15) is 0 Å². The fourth-order valence-electron chi connectivity index (χ4n) is 4.41. The molecule has 3 amide bonds. The summed E-state index contributed by atoms with van der Waals surface area (Å²) in [5.41, 5.74) is 0.244. The third kappa shape index (κ3) is 5.22. The molecule has 2 atom stereocenters. The number of amides is 3. The maximum absolute atomic E-state index is 15.2. The van der Waals surface area contributed by atoms with Crippen LogP contribution in [0.25, 0.3) is 5.57 Å². The first-order valence-electron chi connectivity index (χ1n) is 11.2. The molecule has 1 fully saturated rings. The maximum atomic E-state index is 15.2. The van der Waals surface area contributed by atoms with E-state index in [2.05, 4.69) is 10.6 Å². The van der Waals surface area contributed by atoms with Gasteiger partial charge in [0.25, 0.3) is 0 Å². The van der Waals surface area contributed by atoms with E-state index in [-0.39, 0.29) is 35.7 Å². The van der Waals surface area contributed by atoms with Crippen molar-refractivity contribution in [3.8, 4) is 0 Å². The lowest BCUT2D eigenvalue weighted by atomic mass is 9.94. The van der Waals surface area contributed by atoms with Gasteiger partial charge in [0.1, 0.15) is 19.0 Å². The van der Waals surface area contributed by atoms with Crippen LogP contribution in [0.3, 0.4) is 0 Å². The number of hydrogen-bond donors (Lipinski definition) is 2. The van der Waals surface area contributed by atoms with Crippen molar-refractivity contribution in [2.45, 2.75) is 24.9 Å². The molecule has 4 rings (SSSR count). The summed E-state index contributed by atoms with van der Waals surface area (Å²) < 4.78 is 57.1. The van der Waals surface area contributed by atoms with Crippen LogP contribution in [0.2, 0.25) is 5.02 Å². The molecule has 11 heteroatoms. The van der Waals surface area contributed by atoms with E-state index < -0.39 is 48.6 Å². The van der Waals surface area contributed by atoms with Crippen LogP contribution in [0.5, 0.6) is 0 Å². The molecule has 1 heterocycles. The molecule has 0 saturated carbocycles. The number of anilines is 1. The monoisotopic (exact) mass is 537 g/mol. The number of nitrogens with zero attached hydrogens (tertiary/aromatic N) is 1. The lowest BCUT2D eigenvalue weighted by Crippen LogP contribution is -2.46. The molecule has 1 saturated heterocycles. The number of allylic oxidation sites excluding steroid dienone is 2. The molecule has 1 aliphatic carbocycles. The first-order valence-corrected chi connectivity index (χ1v) is 14.2. The smallest absolute Gasteiger partial charge is 0.319 e. The number of carbonyl (C=O) groups is 2. The van der Waals surface area contributed by atoms with Crippen molar-refractivity contribution in [2.75, 3.05) is 25.2 Å². The summed E-state index contributed by atoms with van der Waals surface area (Å²) >= 11 is 5.70. The zero-order valence-electron chi connectivity index (χ0n) is 19.5. The van der Waals surface area contributed by atoms with E-state index >= 15 is 8.78 Å². The Hall–Kier alpha value is -3.03. The Labute approximate surface area is 211 Å². The molecule has 0 bridgehead atoms.